The Labute approximate surface area is 137 Å². The van der Waals surface area contributed by atoms with E-state index in [4.69, 9.17) is 4.74 Å². The van der Waals surface area contributed by atoms with Crippen LogP contribution < -0.4 is 9.64 Å². The van der Waals surface area contributed by atoms with Crippen LogP contribution in [0.2, 0.25) is 0 Å². The standard InChI is InChI=1S/C19H24N2O2/c22-19(21(16-10-11-16)15-6-2-1-3-7-15)14-20-12-13-23-18-9-5-4-8-17(18)20/h4-6,8-9,16H,1-3,7,10-14H2. The first-order valence-corrected chi connectivity index (χ1v) is 8.81. The molecule has 0 spiro atoms. The van der Waals surface area contributed by atoms with Crippen molar-refractivity contribution in [1.82, 2.24) is 4.90 Å². The van der Waals surface area contributed by atoms with Gasteiger partial charge >= 0.3 is 0 Å². The molecule has 1 heterocycles. The largest absolute Gasteiger partial charge is 0.490 e. The summed E-state index contributed by atoms with van der Waals surface area (Å²) in [5, 5.41) is 0. The van der Waals surface area contributed by atoms with E-state index in [0.717, 1.165) is 43.7 Å². The topological polar surface area (TPSA) is 32.8 Å². The van der Waals surface area contributed by atoms with Crippen molar-refractivity contribution in [3.8, 4) is 5.75 Å². The summed E-state index contributed by atoms with van der Waals surface area (Å²) < 4.78 is 5.69. The molecule has 122 valence electrons. The van der Waals surface area contributed by atoms with Gasteiger partial charge in [0.15, 0.2) is 0 Å². The SMILES string of the molecule is O=C(CN1CCOc2ccccc21)N(C1=CCCCC1)C1CC1. The molecule has 1 saturated carbocycles. The number of benzene rings is 1. The first-order valence-electron chi connectivity index (χ1n) is 8.81. The van der Waals surface area contributed by atoms with Gasteiger partial charge in [0.2, 0.25) is 5.91 Å². The number of nitrogens with zero attached hydrogens (tertiary/aromatic N) is 2. The van der Waals surface area contributed by atoms with E-state index >= 15 is 0 Å². The lowest BCUT2D eigenvalue weighted by atomic mass is 10.0. The van der Waals surface area contributed by atoms with Gasteiger partial charge in [-0.15, -0.1) is 0 Å². The molecular weight excluding hydrogens is 288 g/mol. The van der Waals surface area contributed by atoms with Crippen LogP contribution in [0.25, 0.3) is 0 Å². The normalized spacial score (nSPS) is 20.3. The van der Waals surface area contributed by atoms with Gasteiger partial charge in [0.25, 0.3) is 0 Å². The van der Waals surface area contributed by atoms with E-state index in [2.05, 4.69) is 15.9 Å². The van der Waals surface area contributed by atoms with Crippen LogP contribution >= 0.6 is 0 Å². The maximum atomic E-state index is 13.0. The Hall–Kier alpha value is -1.97. The molecule has 23 heavy (non-hydrogen) atoms. The van der Waals surface area contributed by atoms with Crippen molar-refractivity contribution < 1.29 is 9.53 Å². The monoisotopic (exact) mass is 312 g/mol. The number of fused-ring (bicyclic) bond motifs is 1. The smallest absolute Gasteiger partial charge is 0.246 e. The minimum absolute atomic E-state index is 0.248. The van der Waals surface area contributed by atoms with E-state index in [1.165, 1.54) is 18.5 Å². The highest BCUT2D eigenvalue weighted by atomic mass is 16.5. The molecule has 4 nitrogen and oxygen atoms in total. The van der Waals surface area contributed by atoms with E-state index in [0.29, 0.717) is 19.2 Å². The Kier molecular flexibility index (Phi) is 3.98. The van der Waals surface area contributed by atoms with Gasteiger partial charge in [0.05, 0.1) is 18.8 Å². The fourth-order valence-corrected chi connectivity index (χ4v) is 3.60. The molecular formula is C19H24N2O2. The molecule has 0 unspecified atom stereocenters. The lowest BCUT2D eigenvalue weighted by molar-refractivity contribution is -0.128. The van der Waals surface area contributed by atoms with Crippen molar-refractivity contribution in [3.05, 3.63) is 36.0 Å². The predicted octanol–water partition coefficient (Wildman–Crippen LogP) is 3.33. The van der Waals surface area contributed by atoms with Crippen LogP contribution in [0.5, 0.6) is 5.75 Å². The zero-order chi connectivity index (χ0) is 15.6. The zero-order valence-electron chi connectivity index (χ0n) is 13.5. The molecule has 1 aromatic carbocycles. The summed E-state index contributed by atoms with van der Waals surface area (Å²) in [6, 6.07) is 8.46. The zero-order valence-corrected chi connectivity index (χ0v) is 13.5. The van der Waals surface area contributed by atoms with Crippen LogP contribution in [0.3, 0.4) is 0 Å². The predicted molar refractivity (Wildman–Crippen MR) is 90.6 cm³/mol. The van der Waals surface area contributed by atoms with Gasteiger partial charge in [-0.1, -0.05) is 18.2 Å². The Morgan fingerprint density at radius 3 is 2.91 bits per heavy atom. The molecule has 1 fully saturated rings. The molecule has 0 N–H and O–H groups in total. The average molecular weight is 312 g/mol. The highest BCUT2D eigenvalue weighted by Gasteiger charge is 2.36. The van der Waals surface area contributed by atoms with Crippen LogP contribution in [-0.2, 0) is 4.79 Å². The van der Waals surface area contributed by atoms with Crippen molar-refractivity contribution in [2.45, 2.75) is 44.6 Å². The number of para-hydroxylation sites is 2. The van der Waals surface area contributed by atoms with Crippen molar-refractivity contribution in [3.63, 3.8) is 0 Å². The molecule has 0 aromatic heterocycles. The Balaban J connectivity index is 1.51. The lowest BCUT2D eigenvalue weighted by Crippen LogP contribution is -2.44. The molecule has 0 atom stereocenters. The van der Waals surface area contributed by atoms with Crippen molar-refractivity contribution in [2.75, 3.05) is 24.6 Å². The number of carbonyl (C=O) groups is 1. The number of ether oxygens (including phenoxy) is 1. The molecule has 0 bridgehead atoms. The van der Waals surface area contributed by atoms with Crippen molar-refractivity contribution in [1.29, 1.82) is 0 Å². The molecule has 1 aliphatic heterocycles. The average Bonchev–Trinajstić information content (AvgIpc) is 3.41. The van der Waals surface area contributed by atoms with Gasteiger partial charge in [-0.3, -0.25) is 4.79 Å². The molecule has 0 radical (unpaired) electrons. The number of allylic oxidation sites excluding steroid dienone is 2. The number of hydrogen-bond acceptors (Lipinski definition) is 3. The van der Waals surface area contributed by atoms with E-state index in [1.54, 1.807) is 0 Å². The minimum atomic E-state index is 0.248. The van der Waals surface area contributed by atoms with Crippen LogP contribution in [0.4, 0.5) is 5.69 Å². The summed E-state index contributed by atoms with van der Waals surface area (Å²) >= 11 is 0. The van der Waals surface area contributed by atoms with Gasteiger partial charge in [0.1, 0.15) is 12.4 Å². The maximum Gasteiger partial charge on any atom is 0.246 e. The fourth-order valence-electron chi connectivity index (χ4n) is 3.60. The quantitative estimate of drug-likeness (QED) is 0.855. The summed E-state index contributed by atoms with van der Waals surface area (Å²) in [5.41, 5.74) is 2.31. The molecule has 4 rings (SSSR count). The van der Waals surface area contributed by atoms with Crippen LogP contribution in [0, 0.1) is 0 Å². The third-order valence-corrected chi connectivity index (χ3v) is 4.91. The summed E-state index contributed by atoms with van der Waals surface area (Å²) in [4.78, 5) is 17.3. The third kappa shape index (κ3) is 3.07. The first kappa shape index (κ1) is 14.6. The van der Waals surface area contributed by atoms with Crippen LogP contribution in [-0.4, -0.2) is 36.5 Å². The second-order valence-electron chi connectivity index (χ2n) is 6.67. The second kappa shape index (κ2) is 6.26. The van der Waals surface area contributed by atoms with Gasteiger partial charge in [-0.25, -0.2) is 0 Å². The van der Waals surface area contributed by atoms with E-state index in [-0.39, 0.29) is 5.91 Å². The Bertz CT molecular complexity index is 622. The number of hydrogen-bond donors (Lipinski definition) is 0. The fraction of sp³-hybridized carbons (Fsp3) is 0.526. The third-order valence-electron chi connectivity index (χ3n) is 4.91. The lowest BCUT2D eigenvalue weighted by Gasteiger charge is -2.34. The van der Waals surface area contributed by atoms with Gasteiger partial charge in [0, 0.05) is 11.7 Å². The highest BCUT2D eigenvalue weighted by Crippen LogP contribution is 2.35. The first-order chi connectivity index (χ1) is 11.3. The summed E-state index contributed by atoms with van der Waals surface area (Å²) in [7, 11) is 0. The van der Waals surface area contributed by atoms with Gasteiger partial charge < -0.3 is 14.5 Å². The summed E-state index contributed by atoms with van der Waals surface area (Å²) in [5.74, 6) is 1.14. The van der Waals surface area contributed by atoms with E-state index in [9.17, 15) is 4.79 Å². The molecule has 1 aromatic rings. The molecule has 0 saturated heterocycles. The number of rotatable bonds is 4. The van der Waals surface area contributed by atoms with E-state index < -0.39 is 0 Å². The minimum Gasteiger partial charge on any atom is -0.490 e. The maximum absolute atomic E-state index is 13.0. The van der Waals surface area contributed by atoms with Crippen molar-refractivity contribution >= 4 is 11.6 Å². The summed E-state index contributed by atoms with van der Waals surface area (Å²) in [6.45, 7) is 1.88. The van der Waals surface area contributed by atoms with Gasteiger partial charge in [-0.2, -0.15) is 0 Å². The molecule has 2 aliphatic carbocycles. The number of carbonyl (C=O) groups excluding carboxylic acids is 1. The second-order valence-corrected chi connectivity index (χ2v) is 6.67. The van der Waals surface area contributed by atoms with Crippen LogP contribution in [0.15, 0.2) is 36.0 Å². The summed E-state index contributed by atoms with van der Waals surface area (Å²) in [6.07, 6.45) is 9.24. The van der Waals surface area contributed by atoms with Crippen molar-refractivity contribution in [2.24, 2.45) is 0 Å². The number of anilines is 1. The Morgan fingerprint density at radius 2 is 2.13 bits per heavy atom. The van der Waals surface area contributed by atoms with Crippen LogP contribution in [0.1, 0.15) is 38.5 Å². The highest BCUT2D eigenvalue weighted by molar-refractivity contribution is 5.84. The molecule has 3 aliphatic rings. The van der Waals surface area contributed by atoms with E-state index in [1.807, 2.05) is 24.3 Å². The number of amides is 1. The van der Waals surface area contributed by atoms with Gasteiger partial charge in [-0.05, 0) is 50.7 Å². The molecule has 1 amide bonds. The molecule has 4 heteroatoms. The Morgan fingerprint density at radius 1 is 1.26 bits per heavy atom.